The van der Waals surface area contributed by atoms with Crippen LogP contribution in [0.25, 0.3) is 0 Å². The van der Waals surface area contributed by atoms with Crippen LogP contribution in [0.2, 0.25) is 0 Å². The summed E-state index contributed by atoms with van der Waals surface area (Å²) in [4.78, 5) is 11.4. The van der Waals surface area contributed by atoms with Crippen LogP contribution in [0.4, 0.5) is 5.69 Å². The molecule has 2 rings (SSSR count). The van der Waals surface area contributed by atoms with Crippen molar-refractivity contribution < 1.29 is 4.79 Å². The summed E-state index contributed by atoms with van der Waals surface area (Å²) in [6, 6.07) is 5.76. The highest BCUT2D eigenvalue weighted by atomic mass is 16.1. The summed E-state index contributed by atoms with van der Waals surface area (Å²) in [6.07, 6.45) is 0. The highest BCUT2D eigenvalue weighted by Gasteiger charge is 2.21. The Kier molecular flexibility index (Phi) is 1.90. The van der Waals surface area contributed by atoms with Crippen molar-refractivity contribution >= 4 is 11.6 Å². The molecule has 13 heavy (non-hydrogen) atoms. The molecule has 0 bridgehead atoms. The lowest BCUT2D eigenvalue weighted by Crippen LogP contribution is -2.19. The van der Waals surface area contributed by atoms with Gasteiger partial charge in [-0.05, 0) is 11.6 Å². The van der Waals surface area contributed by atoms with E-state index in [0.29, 0.717) is 6.54 Å². The minimum Gasteiger partial charge on any atom is -0.348 e. The summed E-state index contributed by atoms with van der Waals surface area (Å²) < 4.78 is 0. The Hall–Kier alpha value is -1.55. The van der Waals surface area contributed by atoms with E-state index in [0.717, 1.165) is 16.8 Å². The van der Waals surface area contributed by atoms with Crippen molar-refractivity contribution in [1.82, 2.24) is 10.7 Å². The number of anilines is 1. The molecule has 0 radical (unpaired) electrons. The quantitative estimate of drug-likeness (QED) is 0.576. The number of hydrogen-bond donors (Lipinski definition) is 3. The van der Waals surface area contributed by atoms with Crippen molar-refractivity contribution in [3.63, 3.8) is 0 Å². The van der Waals surface area contributed by atoms with Gasteiger partial charge in [0.2, 0.25) is 0 Å². The average Bonchev–Trinajstić information content (AvgIpc) is 2.50. The third-order valence-electron chi connectivity index (χ3n) is 2.08. The molecule has 1 aliphatic heterocycles. The summed E-state index contributed by atoms with van der Waals surface area (Å²) in [5, 5.41) is 2.78. The van der Waals surface area contributed by atoms with Gasteiger partial charge in [0.1, 0.15) is 0 Å². The molecule has 0 spiro atoms. The van der Waals surface area contributed by atoms with Crippen LogP contribution in [0, 0.1) is 0 Å². The second kappa shape index (κ2) is 3.06. The number of carbonyl (C=O) groups is 1. The van der Waals surface area contributed by atoms with Crippen molar-refractivity contribution in [1.29, 1.82) is 0 Å². The van der Waals surface area contributed by atoms with Crippen LogP contribution in [0.5, 0.6) is 0 Å². The van der Waals surface area contributed by atoms with Crippen LogP contribution in [-0.4, -0.2) is 13.0 Å². The van der Waals surface area contributed by atoms with Gasteiger partial charge in [0.05, 0.1) is 11.3 Å². The zero-order valence-corrected chi connectivity index (χ0v) is 7.35. The molecule has 1 aromatic carbocycles. The standard InChI is InChI=1S/C9H11N3O/c1-10-12-7-4-2-3-6-5-11-9(13)8(6)7/h2-4,10,12H,5H2,1H3,(H,11,13). The van der Waals surface area contributed by atoms with Gasteiger partial charge in [-0.25, -0.2) is 5.43 Å². The SMILES string of the molecule is CNNc1cccc2c1C(=O)NC2. The van der Waals surface area contributed by atoms with E-state index in [1.54, 1.807) is 7.05 Å². The first-order valence-electron chi connectivity index (χ1n) is 4.16. The maximum absolute atomic E-state index is 11.4. The lowest BCUT2D eigenvalue weighted by molar-refractivity contribution is 0.0966. The Morgan fingerprint density at radius 1 is 1.46 bits per heavy atom. The fourth-order valence-electron chi connectivity index (χ4n) is 1.52. The first-order valence-corrected chi connectivity index (χ1v) is 4.16. The third kappa shape index (κ3) is 1.25. The Labute approximate surface area is 76.3 Å². The molecule has 1 aliphatic rings. The number of amides is 1. The van der Waals surface area contributed by atoms with Crippen LogP contribution in [-0.2, 0) is 6.54 Å². The minimum absolute atomic E-state index is 0.00616. The van der Waals surface area contributed by atoms with Gasteiger partial charge in [-0.1, -0.05) is 12.1 Å². The minimum atomic E-state index is -0.00616. The summed E-state index contributed by atoms with van der Waals surface area (Å²) in [5.41, 5.74) is 8.35. The fraction of sp³-hybridized carbons (Fsp3) is 0.222. The van der Waals surface area contributed by atoms with Gasteiger partial charge < -0.3 is 10.7 Å². The molecule has 1 aromatic rings. The van der Waals surface area contributed by atoms with E-state index in [-0.39, 0.29) is 5.91 Å². The van der Waals surface area contributed by atoms with Crippen molar-refractivity contribution in [3.8, 4) is 0 Å². The topological polar surface area (TPSA) is 53.2 Å². The lowest BCUT2D eigenvalue weighted by atomic mass is 10.1. The van der Waals surface area contributed by atoms with Crippen LogP contribution in [0.1, 0.15) is 15.9 Å². The largest absolute Gasteiger partial charge is 0.348 e. The van der Waals surface area contributed by atoms with E-state index in [1.807, 2.05) is 18.2 Å². The van der Waals surface area contributed by atoms with Gasteiger partial charge >= 0.3 is 0 Å². The molecule has 0 saturated carbocycles. The maximum Gasteiger partial charge on any atom is 0.254 e. The number of benzene rings is 1. The third-order valence-corrected chi connectivity index (χ3v) is 2.08. The Bertz CT molecular complexity index is 349. The van der Waals surface area contributed by atoms with Gasteiger partial charge in [0.15, 0.2) is 0 Å². The van der Waals surface area contributed by atoms with Crippen molar-refractivity contribution in [2.75, 3.05) is 12.5 Å². The zero-order valence-electron chi connectivity index (χ0n) is 7.35. The molecule has 4 nitrogen and oxygen atoms in total. The van der Waals surface area contributed by atoms with Crippen molar-refractivity contribution in [2.45, 2.75) is 6.54 Å². The van der Waals surface area contributed by atoms with Gasteiger partial charge in [-0.3, -0.25) is 4.79 Å². The average molecular weight is 177 g/mol. The molecule has 0 saturated heterocycles. The summed E-state index contributed by atoms with van der Waals surface area (Å²) in [6.45, 7) is 0.632. The Morgan fingerprint density at radius 2 is 2.31 bits per heavy atom. The Morgan fingerprint density at radius 3 is 3.08 bits per heavy atom. The molecule has 68 valence electrons. The van der Waals surface area contributed by atoms with E-state index < -0.39 is 0 Å². The molecule has 0 aliphatic carbocycles. The molecule has 1 heterocycles. The summed E-state index contributed by atoms with van der Waals surface area (Å²) in [5.74, 6) is -0.00616. The smallest absolute Gasteiger partial charge is 0.254 e. The second-order valence-corrected chi connectivity index (χ2v) is 2.90. The number of carbonyl (C=O) groups excluding carboxylic acids is 1. The van der Waals surface area contributed by atoms with E-state index in [2.05, 4.69) is 16.2 Å². The highest BCUT2D eigenvalue weighted by molar-refractivity contribution is 6.03. The van der Waals surface area contributed by atoms with Crippen molar-refractivity contribution in [2.24, 2.45) is 0 Å². The zero-order chi connectivity index (χ0) is 9.26. The monoisotopic (exact) mass is 177 g/mol. The predicted molar refractivity (Wildman–Crippen MR) is 50.3 cm³/mol. The second-order valence-electron chi connectivity index (χ2n) is 2.90. The molecule has 0 unspecified atom stereocenters. The molecule has 1 amide bonds. The Balaban J connectivity index is 2.47. The molecule has 0 fully saturated rings. The molecule has 4 heteroatoms. The van der Waals surface area contributed by atoms with E-state index in [4.69, 9.17) is 0 Å². The highest BCUT2D eigenvalue weighted by Crippen LogP contribution is 2.23. The number of hydrazine groups is 1. The van der Waals surface area contributed by atoms with Crippen LogP contribution in [0.15, 0.2) is 18.2 Å². The van der Waals surface area contributed by atoms with E-state index in [9.17, 15) is 4.79 Å². The van der Waals surface area contributed by atoms with Crippen LogP contribution < -0.4 is 16.2 Å². The number of hydrogen-bond acceptors (Lipinski definition) is 3. The van der Waals surface area contributed by atoms with E-state index in [1.165, 1.54) is 0 Å². The molecule has 0 atom stereocenters. The molecular formula is C9H11N3O. The first kappa shape index (κ1) is 8.07. The van der Waals surface area contributed by atoms with Crippen molar-refractivity contribution in [3.05, 3.63) is 29.3 Å². The normalized spacial score (nSPS) is 13.8. The number of nitrogens with one attached hydrogen (secondary N) is 3. The molecular weight excluding hydrogens is 166 g/mol. The van der Waals surface area contributed by atoms with Gasteiger partial charge in [0.25, 0.3) is 5.91 Å². The lowest BCUT2D eigenvalue weighted by Gasteiger charge is -2.07. The van der Waals surface area contributed by atoms with E-state index >= 15 is 0 Å². The number of fused-ring (bicyclic) bond motifs is 1. The fourth-order valence-corrected chi connectivity index (χ4v) is 1.52. The van der Waals surface area contributed by atoms with Crippen LogP contribution in [0.3, 0.4) is 0 Å². The van der Waals surface area contributed by atoms with Gasteiger partial charge in [0, 0.05) is 13.6 Å². The summed E-state index contributed by atoms with van der Waals surface area (Å²) in [7, 11) is 1.77. The summed E-state index contributed by atoms with van der Waals surface area (Å²) >= 11 is 0. The maximum atomic E-state index is 11.4. The molecule has 3 N–H and O–H groups in total. The van der Waals surface area contributed by atoms with Gasteiger partial charge in [-0.15, -0.1) is 0 Å². The number of rotatable bonds is 2. The van der Waals surface area contributed by atoms with Gasteiger partial charge in [-0.2, -0.15) is 0 Å². The molecule has 0 aromatic heterocycles. The van der Waals surface area contributed by atoms with Crippen LogP contribution >= 0.6 is 0 Å². The first-order chi connectivity index (χ1) is 6.33. The predicted octanol–water partition coefficient (Wildman–Crippen LogP) is 0.476.